The Labute approximate surface area is 324 Å². The van der Waals surface area contributed by atoms with Crippen LogP contribution in [0.4, 0.5) is 11.4 Å². The molecular weight excluding hydrogens is 667 g/mol. The van der Waals surface area contributed by atoms with Gasteiger partial charge in [0.15, 0.2) is 0 Å². The fourth-order valence-electron chi connectivity index (χ4n) is 9.24. The molecule has 0 bridgehead atoms. The molecule has 0 saturated carbocycles. The lowest BCUT2D eigenvalue weighted by atomic mass is 9.82. The summed E-state index contributed by atoms with van der Waals surface area (Å²) in [7, 11) is 0. The Bertz CT molecular complexity index is 2750. The van der Waals surface area contributed by atoms with E-state index in [1.165, 1.54) is 83.4 Å². The number of hydrogen-bond acceptors (Lipinski definition) is 2. The number of nitrogens with zero attached hydrogens (tertiary/aromatic N) is 3. The fraction of sp³-hybridized carbons (Fsp3) is 0.173. The topological polar surface area (TPSA) is 20.5 Å². The lowest BCUT2D eigenvalue weighted by molar-refractivity contribution is 0.660. The van der Waals surface area contributed by atoms with Gasteiger partial charge in [-0.3, -0.25) is 4.99 Å². The summed E-state index contributed by atoms with van der Waals surface area (Å²) in [6.07, 6.45) is 11.3. The first-order chi connectivity index (χ1) is 26.8. The number of benzene rings is 6. The number of rotatable bonds is 6. The summed E-state index contributed by atoms with van der Waals surface area (Å²) in [6, 6.07) is 51.9. The van der Waals surface area contributed by atoms with Gasteiger partial charge in [0.1, 0.15) is 0 Å². The SMILES string of the molecule is CC1C=C(N(c2ccc(-c3ccc4c(c3)c3ccccc3n4-c3ccccc3)cc2)c2ccc3c(c2)C(C)(C)c2ccccc2-3)C=C(C2=CCC(C)N=C2)C1. The molecule has 0 radical (unpaired) electrons. The molecule has 3 aliphatic rings. The third-order valence-electron chi connectivity index (χ3n) is 12.1. The molecule has 2 unspecified atom stereocenters. The second-order valence-corrected chi connectivity index (χ2v) is 16.2. The predicted molar refractivity (Wildman–Crippen MR) is 233 cm³/mol. The predicted octanol–water partition coefficient (Wildman–Crippen LogP) is 13.5. The number of hydrogen-bond donors (Lipinski definition) is 0. The maximum absolute atomic E-state index is 4.80. The van der Waals surface area contributed by atoms with E-state index in [4.69, 9.17) is 4.99 Å². The number of fused-ring (bicyclic) bond motifs is 6. The van der Waals surface area contributed by atoms with E-state index in [2.05, 4.69) is 201 Å². The summed E-state index contributed by atoms with van der Waals surface area (Å²) in [4.78, 5) is 7.27. The van der Waals surface area contributed by atoms with Gasteiger partial charge in [0.25, 0.3) is 0 Å². The first kappa shape index (κ1) is 33.4. The zero-order valence-electron chi connectivity index (χ0n) is 32.0. The molecule has 3 heteroatoms. The maximum Gasteiger partial charge on any atom is 0.0541 e. The molecule has 1 aliphatic heterocycles. The van der Waals surface area contributed by atoms with E-state index in [0.29, 0.717) is 12.0 Å². The quantitative estimate of drug-likeness (QED) is 0.168. The average molecular weight is 712 g/mol. The van der Waals surface area contributed by atoms with E-state index in [1.54, 1.807) is 0 Å². The summed E-state index contributed by atoms with van der Waals surface area (Å²) in [5.74, 6) is 0.394. The van der Waals surface area contributed by atoms with Gasteiger partial charge in [0.2, 0.25) is 0 Å². The highest BCUT2D eigenvalue weighted by Crippen LogP contribution is 2.50. The molecule has 3 nitrogen and oxygen atoms in total. The molecule has 268 valence electrons. The van der Waals surface area contributed by atoms with Gasteiger partial charge in [0, 0.05) is 45.2 Å². The number of anilines is 2. The molecule has 0 fully saturated rings. The zero-order valence-corrected chi connectivity index (χ0v) is 32.0. The smallest absolute Gasteiger partial charge is 0.0541 e. The Morgan fingerprint density at radius 1 is 0.655 bits per heavy atom. The van der Waals surface area contributed by atoms with E-state index in [9.17, 15) is 0 Å². The maximum atomic E-state index is 4.80. The highest BCUT2D eigenvalue weighted by Gasteiger charge is 2.36. The third kappa shape index (κ3) is 5.60. The van der Waals surface area contributed by atoms with Gasteiger partial charge in [-0.1, -0.05) is 118 Å². The number of allylic oxidation sites excluding steroid dienone is 4. The van der Waals surface area contributed by atoms with Crippen LogP contribution in [0.1, 0.15) is 51.7 Å². The van der Waals surface area contributed by atoms with Crippen molar-refractivity contribution in [3.05, 3.63) is 186 Å². The molecule has 0 N–H and O–H groups in total. The van der Waals surface area contributed by atoms with E-state index in [1.807, 2.05) is 0 Å². The Morgan fingerprint density at radius 2 is 1.36 bits per heavy atom. The molecule has 6 aromatic carbocycles. The molecule has 0 saturated heterocycles. The number of para-hydroxylation sites is 2. The zero-order chi connectivity index (χ0) is 37.3. The van der Waals surface area contributed by atoms with Gasteiger partial charge in [-0.05, 0) is 131 Å². The highest BCUT2D eigenvalue weighted by atomic mass is 15.1. The standard InChI is InChI=1S/C52H45N3/c1-34-28-39(38-19-18-35(2)53-33-38)30-43(29-34)54(42-25-26-45-44-14-8-10-16-48(44)52(3,4)49(45)32-42)41-23-20-36(21-24-41)37-22-27-51-47(31-37)46-15-9-11-17-50(46)55(51)40-12-6-5-7-13-40/h5-17,19-27,29-35H,18,28H2,1-4H3. The first-order valence-electron chi connectivity index (χ1n) is 19.7. The number of dihydropyridines is 1. The minimum Gasteiger partial charge on any atom is -0.311 e. The van der Waals surface area contributed by atoms with E-state index >= 15 is 0 Å². The van der Waals surface area contributed by atoms with Crippen molar-refractivity contribution in [1.29, 1.82) is 0 Å². The Morgan fingerprint density at radius 3 is 2.18 bits per heavy atom. The minimum atomic E-state index is -0.0882. The van der Waals surface area contributed by atoms with Crippen molar-refractivity contribution in [2.45, 2.75) is 52.0 Å². The van der Waals surface area contributed by atoms with Gasteiger partial charge >= 0.3 is 0 Å². The summed E-state index contributed by atoms with van der Waals surface area (Å²) >= 11 is 0. The minimum absolute atomic E-state index is 0.0882. The van der Waals surface area contributed by atoms with Crippen LogP contribution < -0.4 is 4.90 Å². The van der Waals surface area contributed by atoms with E-state index in [-0.39, 0.29) is 5.41 Å². The van der Waals surface area contributed by atoms with Crippen LogP contribution >= 0.6 is 0 Å². The van der Waals surface area contributed by atoms with Gasteiger partial charge in [-0.25, -0.2) is 0 Å². The van der Waals surface area contributed by atoms with Gasteiger partial charge in [0.05, 0.1) is 17.1 Å². The van der Waals surface area contributed by atoms with Crippen LogP contribution in [0, 0.1) is 5.92 Å². The number of aromatic nitrogens is 1. The molecule has 10 rings (SSSR count). The molecule has 2 heterocycles. The Hall–Kier alpha value is -6.19. The van der Waals surface area contributed by atoms with Crippen molar-refractivity contribution < 1.29 is 0 Å². The van der Waals surface area contributed by atoms with Crippen LogP contribution in [0.25, 0.3) is 49.7 Å². The second kappa shape index (κ2) is 13.0. The van der Waals surface area contributed by atoms with E-state index in [0.717, 1.165) is 18.5 Å². The van der Waals surface area contributed by atoms with Crippen molar-refractivity contribution in [3.8, 4) is 27.9 Å². The Balaban J connectivity index is 1.08. The van der Waals surface area contributed by atoms with Gasteiger partial charge in [-0.2, -0.15) is 0 Å². The van der Waals surface area contributed by atoms with Gasteiger partial charge < -0.3 is 9.47 Å². The largest absolute Gasteiger partial charge is 0.311 e. The third-order valence-corrected chi connectivity index (χ3v) is 12.1. The normalized spacial score (nSPS) is 18.4. The number of aliphatic imine (C=N–C) groups is 1. The fourth-order valence-corrected chi connectivity index (χ4v) is 9.24. The molecule has 2 atom stereocenters. The molecule has 2 aliphatic carbocycles. The molecule has 7 aromatic rings. The molecule has 0 spiro atoms. The monoisotopic (exact) mass is 711 g/mol. The molecule has 55 heavy (non-hydrogen) atoms. The summed E-state index contributed by atoms with van der Waals surface area (Å²) in [5, 5.41) is 2.53. The lowest BCUT2D eigenvalue weighted by Gasteiger charge is -2.32. The van der Waals surface area contributed by atoms with Crippen LogP contribution in [-0.2, 0) is 5.41 Å². The summed E-state index contributed by atoms with van der Waals surface area (Å²) < 4.78 is 2.38. The van der Waals surface area contributed by atoms with Crippen LogP contribution in [-0.4, -0.2) is 16.8 Å². The van der Waals surface area contributed by atoms with Crippen molar-refractivity contribution in [2.75, 3.05) is 4.90 Å². The summed E-state index contributed by atoms with van der Waals surface area (Å²) in [6.45, 7) is 9.26. The Kier molecular flexibility index (Phi) is 7.88. The lowest BCUT2D eigenvalue weighted by Crippen LogP contribution is -2.21. The van der Waals surface area contributed by atoms with Crippen LogP contribution in [0.2, 0.25) is 0 Å². The molecule has 0 amide bonds. The van der Waals surface area contributed by atoms with Crippen molar-refractivity contribution in [1.82, 2.24) is 4.57 Å². The highest BCUT2D eigenvalue weighted by molar-refractivity contribution is 6.10. The average Bonchev–Trinajstić information content (AvgIpc) is 3.66. The van der Waals surface area contributed by atoms with Gasteiger partial charge in [-0.15, -0.1) is 0 Å². The van der Waals surface area contributed by atoms with Crippen molar-refractivity contribution in [2.24, 2.45) is 10.9 Å². The van der Waals surface area contributed by atoms with Crippen LogP contribution in [0.3, 0.4) is 0 Å². The molecule has 1 aromatic heterocycles. The summed E-state index contributed by atoms with van der Waals surface area (Å²) in [5.41, 5.74) is 17.6. The van der Waals surface area contributed by atoms with Crippen molar-refractivity contribution >= 4 is 39.4 Å². The first-order valence-corrected chi connectivity index (χ1v) is 19.7. The second-order valence-electron chi connectivity index (χ2n) is 16.2. The van der Waals surface area contributed by atoms with E-state index < -0.39 is 0 Å². The molecular formula is C52H45N3. The van der Waals surface area contributed by atoms with Crippen LogP contribution in [0.15, 0.2) is 180 Å². The van der Waals surface area contributed by atoms with Crippen molar-refractivity contribution in [3.63, 3.8) is 0 Å². The van der Waals surface area contributed by atoms with Crippen LogP contribution in [0.5, 0.6) is 0 Å².